The number of carboxylic acids is 1. The molecule has 0 aliphatic rings. The number of nitrogens with zero attached hydrogens (tertiary/aromatic N) is 1. The van der Waals surface area contributed by atoms with Gasteiger partial charge in [-0.15, -0.1) is 0 Å². The summed E-state index contributed by atoms with van der Waals surface area (Å²) in [5.41, 5.74) is -1.97. The van der Waals surface area contributed by atoms with Crippen LogP contribution < -0.4 is 5.32 Å². The van der Waals surface area contributed by atoms with Crippen molar-refractivity contribution in [2.75, 3.05) is 6.54 Å². The molecule has 21 heavy (non-hydrogen) atoms. The van der Waals surface area contributed by atoms with Crippen LogP contribution in [0.4, 0.5) is 10.1 Å². The van der Waals surface area contributed by atoms with Gasteiger partial charge in [0.05, 0.1) is 10.3 Å². The van der Waals surface area contributed by atoms with Crippen molar-refractivity contribution in [3.05, 3.63) is 39.7 Å². The number of nitrogens with one attached hydrogen (secondary N) is 1. The summed E-state index contributed by atoms with van der Waals surface area (Å²) in [6.07, 6.45) is 0.303. The first kappa shape index (κ1) is 16.5. The summed E-state index contributed by atoms with van der Waals surface area (Å²) in [6, 6.07) is 2.75. The van der Waals surface area contributed by atoms with Crippen LogP contribution in [0.1, 0.15) is 30.6 Å². The fraction of sp³-hybridized carbons (Fsp3) is 0.385. The second kappa shape index (κ2) is 6.29. The second-order valence-electron chi connectivity index (χ2n) is 4.83. The minimum Gasteiger partial charge on any atom is -0.481 e. The van der Waals surface area contributed by atoms with Crippen molar-refractivity contribution in [2.45, 2.75) is 20.3 Å². The van der Waals surface area contributed by atoms with Crippen molar-refractivity contribution in [1.29, 1.82) is 0 Å². The molecule has 1 atom stereocenters. The van der Waals surface area contributed by atoms with Gasteiger partial charge in [0.1, 0.15) is 0 Å². The number of hydrogen-bond acceptors (Lipinski definition) is 4. The largest absolute Gasteiger partial charge is 0.481 e. The van der Waals surface area contributed by atoms with Gasteiger partial charge in [-0.25, -0.2) is 0 Å². The van der Waals surface area contributed by atoms with E-state index >= 15 is 0 Å². The molecule has 1 amide bonds. The molecule has 0 bridgehead atoms. The highest BCUT2D eigenvalue weighted by Gasteiger charge is 2.31. The molecule has 2 N–H and O–H groups in total. The summed E-state index contributed by atoms with van der Waals surface area (Å²) in [5, 5.41) is 21.9. The van der Waals surface area contributed by atoms with Crippen molar-refractivity contribution < 1.29 is 24.0 Å². The molecule has 0 radical (unpaired) electrons. The Hall–Kier alpha value is -2.51. The first-order chi connectivity index (χ1) is 9.71. The monoisotopic (exact) mass is 298 g/mol. The molecule has 0 aliphatic carbocycles. The summed E-state index contributed by atoms with van der Waals surface area (Å²) < 4.78 is 13.4. The van der Waals surface area contributed by atoms with Gasteiger partial charge < -0.3 is 10.4 Å². The van der Waals surface area contributed by atoms with Crippen LogP contribution in [0.5, 0.6) is 0 Å². The predicted octanol–water partition coefficient (Wildman–Crippen LogP) is 1.96. The topological polar surface area (TPSA) is 110 Å². The quantitative estimate of drug-likeness (QED) is 0.616. The van der Waals surface area contributed by atoms with Gasteiger partial charge in [-0.3, -0.25) is 19.7 Å². The average Bonchev–Trinajstić information content (AvgIpc) is 2.43. The van der Waals surface area contributed by atoms with Crippen LogP contribution in [0, 0.1) is 21.3 Å². The van der Waals surface area contributed by atoms with Crippen LogP contribution in [0.15, 0.2) is 18.2 Å². The first-order valence-electron chi connectivity index (χ1n) is 6.17. The molecule has 1 aromatic rings. The SMILES string of the molecule is CCC(C)(CNC(=O)c1ccc([N+](=O)[O-])c(F)c1)C(=O)O. The number of rotatable bonds is 6. The van der Waals surface area contributed by atoms with Crippen LogP contribution >= 0.6 is 0 Å². The molecule has 114 valence electrons. The first-order valence-corrected chi connectivity index (χ1v) is 6.17. The fourth-order valence-electron chi connectivity index (χ4n) is 1.53. The number of halogens is 1. The van der Waals surface area contributed by atoms with Gasteiger partial charge in [0.15, 0.2) is 0 Å². The lowest BCUT2D eigenvalue weighted by Crippen LogP contribution is -2.40. The highest BCUT2D eigenvalue weighted by molar-refractivity contribution is 5.94. The summed E-state index contributed by atoms with van der Waals surface area (Å²) in [5.74, 6) is -2.87. The molecule has 0 aliphatic heterocycles. The molecule has 1 unspecified atom stereocenters. The number of amides is 1. The average molecular weight is 298 g/mol. The van der Waals surface area contributed by atoms with Crippen LogP contribution in [0.3, 0.4) is 0 Å². The highest BCUT2D eigenvalue weighted by Crippen LogP contribution is 2.21. The van der Waals surface area contributed by atoms with E-state index in [0.29, 0.717) is 6.42 Å². The Labute approximate surface area is 119 Å². The van der Waals surface area contributed by atoms with Crippen LogP contribution in [-0.4, -0.2) is 28.5 Å². The maximum atomic E-state index is 13.4. The Kier molecular flexibility index (Phi) is 4.96. The van der Waals surface area contributed by atoms with Crippen molar-refractivity contribution in [2.24, 2.45) is 5.41 Å². The molecule has 0 aromatic heterocycles. The molecule has 1 aromatic carbocycles. The number of nitro benzene ring substituents is 1. The summed E-state index contributed by atoms with van der Waals surface area (Å²) >= 11 is 0. The molecule has 7 nitrogen and oxygen atoms in total. The molecule has 0 saturated carbocycles. The minimum absolute atomic E-state index is 0.109. The highest BCUT2D eigenvalue weighted by atomic mass is 19.1. The zero-order chi connectivity index (χ0) is 16.2. The van der Waals surface area contributed by atoms with E-state index in [2.05, 4.69) is 5.32 Å². The Bertz CT molecular complexity index is 590. The molecule has 1 rings (SSSR count). The summed E-state index contributed by atoms with van der Waals surface area (Å²) in [7, 11) is 0. The van der Waals surface area contributed by atoms with Gasteiger partial charge in [-0.2, -0.15) is 4.39 Å². The third-order valence-corrected chi connectivity index (χ3v) is 3.34. The number of hydrogen-bond donors (Lipinski definition) is 2. The molecular weight excluding hydrogens is 283 g/mol. The van der Waals surface area contributed by atoms with E-state index < -0.39 is 33.7 Å². The normalized spacial score (nSPS) is 13.3. The van der Waals surface area contributed by atoms with Gasteiger partial charge in [0.25, 0.3) is 5.91 Å². The molecule has 0 fully saturated rings. The fourth-order valence-corrected chi connectivity index (χ4v) is 1.53. The van der Waals surface area contributed by atoms with Crippen LogP contribution in [-0.2, 0) is 4.79 Å². The lowest BCUT2D eigenvalue weighted by Gasteiger charge is -2.23. The maximum absolute atomic E-state index is 13.4. The van der Waals surface area contributed by atoms with Crippen LogP contribution in [0.2, 0.25) is 0 Å². The number of benzene rings is 1. The Balaban J connectivity index is 2.84. The second-order valence-corrected chi connectivity index (χ2v) is 4.83. The molecular formula is C13H15FN2O5. The van der Waals surface area contributed by atoms with Gasteiger partial charge in [-0.05, 0) is 25.5 Å². The van der Waals surface area contributed by atoms with E-state index in [-0.39, 0.29) is 12.1 Å². The van der Waals surface area contributed by atoms with E-state index in [9.17, 15) is 24.1 Å². The third-order valence-electron chi connectivity index (χ3n) is 3.34. The number of aliphatic carboxylic acids is 1. The van der Waals surface area contributed by atoms with Crippen molar-refractivity contribution in [3.8, 4) is 0 Å². The number of carbonyl (C=O) groups is 2. The Morgan fingerprint density at radius 2 is 2.10 bits per heavy atom. The zero-order valence-corrected chi connectivity index (χ0v) is 11.6. The van der Waals surface area contributed by atoms with Gasteiger partial charge in [0, 0.05) is 18.2 Å². The van der Waals surface area contributed by atoms with E-state index in [4.69, 9.17) is 5.11 Å². The van der Waals surface area contributed by atoms with Crippen LogP contribution in [0.25, 0.3) is 0 Å². The van der Waals surface area contributed by atoms with E-state index in [0.717, 1.165) is 18.2 Å². The van der Waals surface area contributed by atoms with Crippen molar-refractivity contribution >= 4 is 17.6 Å². The molecule has 8 heteroatoms. The van der Waals surface area contributed by atoms with E-state index in [1.807, 2.05) is 0 Å². The van der Waals surface area contributed by atoms with Crippen molar-refractivity contribution in [3.63, 3.8) is 0 Å². The number of nitro groups is 1. The number of carbonyl (C=O) groups excluding carboxylic acids is 1. The van der Waals surface area contributed by atoms with E-state index in [1.165, 1.54) is 6.92 Å². The third kappa shape index (κ3) is 3.74. The molecule has 0 heterocycles. The number of carboxylic acid groups (broad SMARTS) is 1. The van der Waals surface area contributed by atoms with Gasteiger partial charge in [-0.1, -0.05) is 6.92 Å². The Morgan fingerprint density at radius 1 is 1.48 bits per heavy atom. The lowest BCUT2D eigenvalue weighted by atomic mass is 9.87. The molecule has 0 spiro atoms. The summed E-state index contributed by atoms with van der Waals surface area (Å²) in [6.45, 7) is 3.02. The zero-order valence-electron chi connectivity index (χ0n) is 11.6. The van der Waals surface area contributed by atoms with Gasteiger partial charge >= 0.3 is 11.7 Å². The van der Waals surface area contributed by atoms with Crippen molar-refractivity contribution in [1.82, 2.24) is 5.32 Å². The van der Waals surface area contributed by atoms with Gasteiger partial charge in [0.2, 0.25) is 5.82 Å². The minimum atomic E-state index is -1.13. The Morgan fingerprint density at radius 3 is 2.52 bits per heavy atom. The smallest absolute Gasteiger partial charge is 0.311 e. The van der Waals surface area contributed by atoms with E-state index in [1.54, 1.807) is 6.92 Å². The lowest BCUT2D eigenvalue weighted by molar-refractivity contribution is -0.387. The predicted molar refractivity (Wildman–Crippen MR) is 71.4 cm³/mol. The summed E-state index contributed by atoms with van der Waals surface area (Å²) in [4.78, 5) is 32.5. The standard InChI is InChI=1S/C13H15FN2O5/c1-3-13(2,12(18)19)7-15-11(17)8-4-5-10(16(20)21)9(14)6-8/h4-6H,3,7H2,1-2H3,(H,15,17)(H,18,19). The molecule has 0 saturated heterocycles. The maximum Gasteiger partial charge on any atom is 0.311 e.